The van der Waals surface area contributed by atoms with Gasteiger partial charge in [0, 0.05) is 37.3 Å². The molecule has 0 fully saturated rings. The molecule has 2 atom stereocenters. The quantitative estimate of drug-likeness (QED) is 0.174. The fourth-order valence-corrected chi connectivity index (χ4v) is 3.75. The Morgan fingerprint density at radius 3 is 2.13 bits per heavy atom. The number of carbonyl (C=O) groups is 6. The predicted octanol–water partition coefficient (Wildman–Crippen LogP) is 0.577. The van der Waals surface area contributed by atoms with Gasteiger partial charge in [0.15, 0.2) is 0 Å². The van der Waals surface area contributed by atoms with Crippen molar-refractivity contribution < 1.29 is 28.8 Å². The highest BCUT2D eigenvalue weighted by Gasteiger charge is 2.26. The fourth-order valence-electron chi connectivity index (χ4n) is 3.75. The normalized spacial score (nSPS) is 14.3. The van der Waals surface area contributed by atoms with Crippen molar-refractivity contribution in [2.24, 2.45) is 11.7 Å². The highest BCUT2D eigenvalue weighted by Crippen LogP contribution is 2.14. The van der Waals surface area contributed by atoms with Gasteiger partial charge < -0.3 is 27.0 Å². The zero-order chi connectivity index (χ0) is 28.2. The van der Waals surface area contributed by atoms with E-state index in [1.807, 2.05) is 12.1 Å². The molecule has 0 aromatic heterocycles. The van der Waals surface area contributed by atoms with Crippen LogP contribution in [0.25, 0.3) is 0 Å². The van der Waals surface area contributed by atoms with Gasteiger partial charge in [0.25, 0.3) is 11.8 Å². The second kappa shape index (κ2) is 14.5. The summed E-state index contributed by atoms with van der Waals surface area (Å²) in [4.78, 5) is 73.1. The van der Waals surface area contributed by atoms with E-state index in [9.17, 15) is 28.8 Å². The zero-order valence-electron chi connectivity index (χ0n) is 21.9. The highest BCUT2D eigenvalue weighted by atomic mass is 16.2. The molecule has 12 heteroatoms. The molecule has 0 bridgehead atoms. The number of amides is 7. The summed E-state index contributed by atoms with van der Waals surface area (Å²) in [5.74, 6) is -2.08. The van der Waals surface area contributed by atoms with Crippen LogP contribution in [0, 0.1) is 5.92 Å². The van der Waals surface area contributed by atoms with Crippen molar-refractivity contribution in [1.29, 1.82) is 0 Å². The minimum Gasteiger partial charge on any atom is -0.352 e. The monoisotopic (exact) mass is 528 g/mol. The van der Waals surface area contributed by atoms with Crippen LogP contribution >= 0.6 is 0 Å². The number of rotatable bonds is 14. The molecule has 0 aliphatic carbocycles. The minimum absolute atomic E-state index is 0.112. The lowest BCUT2D eigenvalue weighted by molar-refractivity contribution is -0.137. The smallest absolute Gasteiger partial charge is 0.312 e. The number of imide groups is 1. The van der Waals surface area contributed by atoms with Crippen LogP contribution in [0.4, 0.5) is 10.5 Å². The van der Waals surface area contributed by atoms with Crippen LogP contribution in [0.5, 0.6) is 0 Å². The minimum atomic E-state index is -0.986. The number of nitrogens with one attached hydrogen (secondary N) is 4. The van der Waals surface area contributed by atoms with Gasteiger partial charge in [-0.2, -0.15) is 0 Å². The number of primary amides is 1. The van der Waals surface area contributed by atoms with Crippen molar-refractivity contribution in [3.8, 4) is 0 Å². The van der Waals surface area contributed by atoms with Crippen molar-refractivity contribution in [3.63, 3.8) is 0 Å². The Hall–Kier alpha value is -4.22. The molecule has 2 rings (SSSR count). The third-order valence-corrected chi connectivity index (χ3v) is 5.70. The molecule has 0 unspecified atom stereocenters. The standard InChI is InChI=1S/C26H36N6O6/c1-16(2)15-18-6-8-19(9-7-18)30-25(37)20(5-4-13-28-26(27)38)31-24(36)17(3)29-21(33)12-14-32-22(34)10-11-23(32)35/h6-11,16-17,20H,4-5,12-15H2,1-3H3,(H,29,33)(H,30,37)(H,31,36)(H3,27,28,38)/t17-,20-/m0/s1. The van der Waals surface area contributed by atoms with Crippen LogP contribution in [0.15, 0.2) is 36.4 Å². The molecule has 1 heterocycles. The van der Waals surface area contributed by atoms with Crippen LogP contribution in [-0.2, 0) is 30.4 Å². The molecule has 206 valence electrons. The van der Waals surface area contributed by atoms with Gasteiger partial charge in [-0.15, -0.1) is 0 Å². The van der Waals surface area contributed by atoms with Crippen molar-refractivity contribution in [1.82, 2.24) is 20.9 Å². The number of hydrogen-bond acceptors (Lipinski definition) is 6. The van der Waals surface area contributed by atoms with Gasteiger partial charge >= 0.3 is 6.03 Å². The molecule has 1 aromatic carbocycles. The molecule has 6 N–H and O–H groups in total. The van der Waals surface area contributed by atoms with E-state index in [1.54, 1.807) is 12.1 Å². The lowest BCUT2D eigenvalue weighted by atomic mass is 10.0. The molecule has 1 aliphatic rings. The lowest BCUT2D eigenvalue weighted by Gasteiger charge is -2.22. The van der Waals surface area contributed by atoms with Gasteiger partial charge in [-0.05, 0) is 49.8 Å². The largest absolute Gasteiger partial charge is 0.352 e. The van der Waals surface area contributed by atoms with E-state index in [0.717, 1.165) is 29.0 Å². The average molecular weight is 529 g/mol. The molecule has 0 saturated heterocycles. The number of urea groups is 1. The van der Waals surface area contributed by atoms with Crippen molar-refractivity contribution in [2.45, 2.75) is 58.5 Å². The van der Waals surface area contributed by atoms with Crippen LogP contribution in [0.3, 0.4) is 0 Å². The van der Waals surface area contributed by atoms with E-state index in [1.165, 1.54) is 6.92 Å². The first kappa shape index (κ1) is 30.0. The van der Waals surface area contributed by atoms with Crippen LogP contribution in [0.2, 0.25) is 0 Å². The van der Waals surface area contributed by atoms with Crippen LogP contribution in [-0.4, -0.2) is 65.6 Å². The first-order valence-corrected chi connectivity index (χ1v) is 12.5. The molecule has 12 nitrogen and oxygen atoms in total. The maximum Gasteiger partial charge on any atom is 0.312 e. The Morgan fingerprint density at radius 2 is 1.55 bits per heavy atom. The van der Waals surface area contributed by atoms with Gasteiger partial charge in [-0.3, -0.25) is 28.9 Å². The summed E-state index contributed by atoms with van der Waals surface area (Å²) in [6.45, 7) is 5.80. The summed E-state index contributed by atoms with van der Waals surface area (Å²) in [6.07, 6.45) is 3.55. The van der Waals surface area contributed by atoms with Gasteiger partial charge in [-0.1, -0.05) is 26.0 Å². The van der Waals surface area contributed by atoms with Crippen molar-refractivity contribution in [2.75, 3.05) is 18.4 Å². The third-order valence-electron chi connectivity index (χ3n) is 5.70. The van der Waals surface area contributed by atoms with E-state index < -0.39 is 47.7 Å². The summed E-state index contributed by atoms with van der Waals surface area (Å²) in [7, 11) is 0. The van der Waals surface area contributed by atoms with Crippen LogP contribution < -0.4 is 27.0 Å². The predicted molar refractivity (Wildman–Crippen MR) is 140 cm³/mol. The Bertz CT molecular complexity index is 1050. The van der Waals surface area contributed by atoms with E-state index >= 15 is 0 Å². The second-order valence-corrected chi connectivity index (χ2v) is 9.48. The average Bonchev–Trinajstić information content (AvgIpc) is 3.17. The van der Waals surface area contributed by atoms with Gasteiger partial charge in [0.2, 0.25) is 17.7 Å². The second-order valence-electron chi connectivity index (χ2n) is 9.48. The third kappa shape index (κ3) is 10.0. The Labute approximate surface area is 221 Å². The summed E-state index contributed by atoms with van der Waals surface area (Å²) >= 11 is 0. The Morgan fingerprint density at radius 1 is 0.921 bits per heavy atom. The molecule has 0 spiro atoms. The first-order chi connectivity index (χ1) is 18.0. The molecule has 1 aliphatic heterocycles. The highest BCUT2D eigenvalue weighted by molar-refractivity contribution is 6.13. The van der Waals surface area contributed by atoms with Gasteiger partial charge in [0.1, 0.15) is 12.1 Å². The van der Waals surface area contributed by atoms with E-state index in [2.05, 4.69) is 35.1 Å². The first-order valence-electron chi connectivity index (χ1n) is 12.5. The molecular formula is C26H36N6O6. The summed E-state index contributed by atoms with van der Waals surface area (Å²) < 4.78 is 0. The summed E-state index contributed by atoms with van der Waals surface area (Å²) in [5.41, 5.74) is 6.78. The molecular weight excluding hydrogens is 492 g/mol. The lowest BCUT2D eigenvalue weighted by Crippen LogP contribution is -2.52. The number of benzene rings is 1. The molecule has 0 radical (unpaired) electrons. The van der Waals surface area contributed by atoms with Crippen molar-refractivity contribution >= 4 is 41.3 Å². The van der Waals surface area contributed by atoms with Gasteiger partial charge in [0.05, 0.1) is 0 Å². The fraction of sp³-hybridized carbons (Fsp3) is 0.462. The van der Waals surface area contributed by atoms with Crippen molar-refractivity contribution in [3.05, 3.63) is 42.0 Å². The maximum atomic E-state index is 13.0. The molecule has 1 aromatic rings. The van der Waals surface area contributed by atoms with Gasteiger partial charge in [-0.25, -0.2) is 4.79 Å². The van der Waals surface area contributed by atoms with E-state index in [-0.39, 0.29) is 25.9 Å². The number of hydrogen-bond donors (Lipinski definition) is 5. The topological polar surface area (TPSA) is 180 Å². The zero-order valence-corrected chi connectivity index (χ0v) is 21.9. The van der Waals surface area contributed by atoms with E-state index in [4.69, 9.17) is 5.73 Å². The molecule has 0 saturated carbocycles. The van der Waals surface area contributed by atoms with Crippen LogP contribution in [0.1, 0.15) is 45.6 Å². The maximum absolute atomic E-state index is 13.0. The molecule has 38 heavy (non-hydrogen) atoms. The summed E-state index contributed by atoms with van der Waals surface area (Å²) in [5, 5.41) is 10.4. The number of carbonyl (C=O) groups excluding carboxylic acids is 6. The Balaban J connectivity index is 1.94. The molecule has 7 amide bonds. The number of anilines is 1. The van der Waals surface area contributed by atoms with E-state index in [0.29, 0.717) is 18.0 Å². The SMILES string of the molecule is CC(C)Cc1ccc(NC(=O)[C@H](CCCNC(N)=O)NC(=O)[C@H](C)NC(=O)CCN2C(=O)C=CC2=O)cc1. The number of nitrogens with zero attached hydrogens (tertiary/aromatic N) is 1. The summed E-state index contributed by atoms with van der Waals surface area (Å²) in [6, 6.07) is 4.81. The Kier molecular flexibility index (Phi) is 11.5. The number of nitrogens with two attached hydrogens (primary N) is 1.